The fourth-order valence-electron chi connectivity index (χ4n) is 3.95. The summed E-state index contributed by atoms with van der Waals surface area (Å²) in [5.41, 5.74) is 2.73. The minimum Gasteiger partial charge on any atom is -0.481 e. The molecular weight excluding hydrogens is 262 g/mol. The van der Waals surface area contributed by atoms with Gasteiger partial charge in [-0.15, -0.1) is 0 Å². The highest BCUT2D eigenvalue weighted by Gasteiger charge is 2.35. The lowest BCUT2D eigenvalue weighted by Crippen LogP contribution is -2.32. The molecule has 2 aliphatic rings. The Morgan fingerprint density at radius 3 is 2.62 bits per heavy atom. The first kappa shape index (κ1) is 12.7. The van der Waals surface area contributed by atoms with Gasteiger partial charge in [0.15, 0.2) is 0 Å². The summed E-state index contributed by atoms with van der Waals surface area (Å²) in [6.45, 7) is 1.03. The maximum absolute atomic E-state index is 11.2. The van der Waals surface area contributed by atoms with Crippen LogP contribution in [-0.4, -0.2) is 23.7 Å². The first-order valence-corrected chi connectivity index (χ1v) is 7.73. The number of aliphatic carboxylic acids is 1. The fraction of sp³-hybridized carbons (Fsp3) is 0.389. The van der Waals surface area contributed by atoms with E-state index in [-0.39, 0.29) is 5.92 Å². The van der Waals surface area contributed by atoms with Gasteiger partial charge in [-0.25, -0.2) is 0 Å². The third-order valence-corrected chi connectivity index (χ3v) is 5.07. The van der Waals surface area contributed by atoms with Crippen molar-refractivity contribution in [2.24, 2.45) is 5.92 Å². The molecule has 108 valence electrons. The van der Waals surface area contributed by atoms with Crippen LogP contribution >= 0.6 is 0 Å². The normalized spacial score (nSPS) is 24.5. The molecule has 1 N–H and O–H groups in total. The maximum Gasteiger partial charge on any atom is 0.306 e. The predicted molar refractivity (Wildman–Crippen MR) is 83.8 cm³/mol. The van der Waals surface area contributed by atoms with Crippen LogP contribution in [-0.2, 0) is 11.2 Å². The van der Waals surface area contributed by atoms with Gasteiger partial charge in [-0.1, -0.05) is 24.3 Å². The van der Waals surface area contributed by atoms with Crippen molar-refractivity contribution in [1.82, 2.24) is 0 Å². The minimum atomic E-state index is -0.629. The maximum atomic E-state index is 11.2. The quantitative estimate of drug-likeness (QED) is 0.916. The molecule has 0 radical (unpaired) electrons. The molecule has 2 unspecified atom stereocenters. The fourth-order valence-corrected chi connectivity index (χ4v) is 3.95. The Morgan fingerprint density at radius 1 is 1.14 bits per heavy atom. The smallest absolute Gasteiger partial charge is 0.306 e. The lowest BCUT2D eigenvalue weighted by Gasteiger charge is -2.27. The number of carboxylic acid groups (broad SMARTS) is 1. The van der Waals surface area contributed by atoms with Crippen LogP contribution in [0.3, 0.4) is 0 Å². The second-order valence-electron chi connectivity index (χ2n) is 6.27. The summed E-state index contributed by atoms with van der Waals surface area (Å²) in [5.74, 6) is -0.782. The van der Waals surface area contributed by atoms with Gasteiger partial charge in [0.1, 0.15) is 0 Å². The molecule has 2 aromatic carbocycles. The first-order chi connectivity index (χ1) is 10.2. The third kappa shape index (κ3) is 2.08. The molecular formula is C18H19NO2. The Morgan fingerprint density at radius 2 is 1.90 bits per heavy atom. The summed E-state index contributed by atoms with van der Waals surface area (Å²) in [4.78, 5) is 13.6. The summed E-state index contributed by atoms with van der Waals surface area (Å²) >= 11 is 0. The highest BCUT2D eigenvalue weighted by molar-refractivity contribution is 5.88. The van der Waals surface area contributed by atoms with Crippen LogP contribution in [0.5, 0.6) is 0 Å². The molecule has 1 aliphatic heterocycles. The lowest BCUT2D eigenvalue weighted by atomic mass is 10.0. The van der Waals surface area contributed by atoms with Crippen LogP contribution in [0.1, 0.15) is 24.8 Å². The molecule has 2 aromatic rings. The molecule has 0 spiro atoms. The van der Waals surface area contributed by atoms with Crippen molar-refractivity contribution in [3.05, 3.63) is 42.0 Å². The number of nitrogens with zero attached hydrogens (tertiary/aromatic N) is 1. The zero-order valence-corrected chi connectivity index (χ0v) is 12.0. The third-order valence-electron chi connectivity index (χ3n) is 5.07. The second kappa shape index (κ2) is 4.76. The molecule has 1 heterocycles. The number of hydrogen-bond acceptors (Lipinski definition) is 2. The predicted octanol–water partition coefficient (Wildman–Crippen LogP) is 3.46. The molecule has 4 rings (SSSR count). The van der Waals surface area contributed by atoms with Crippen molar-refractivity contribution >= 4 is 22.4 Å². The van der Waals surface area contributed by atoms with Crippen LogP contribution < -0.4 is 4.90 Å². The minimum absolute atomic E-state index is 0.153. The molecule has 0 aromatic heterocycles. The molecule has 21 heavy (non-hydrogen) atoms. The zero-order chi connectivity index (χ0) is 14.4. The van der Waals surface area contributed by atoms with Crippen molar-refractivity contribution < 1.29 is 9.90 Å². The van der Waals surface area contributed by atoms with Gasteiger partial charge in [-0.05, 0) is 54.2 Å². The van der Waals surface area contributed by atoms with Gasteiger partial charge in [0.2, 0.25) is 0 Å². The Bertz CT molecular complexity index is 709. The van der Waals surface area contributed by atoms with Crippen molar-refractivity contribution in [1.29, 1.82) is 0 Å². The van der Waals surface area contributed by atoms with E-state index in [4.69, 9.17) is 0 Å². The van der Waals surface area contributed by atoms with Gasteiger partial charge in [-0.3, -0.25) is 4.79 Å². The standard InChI is InChI=1S/C18H19NO2/c20-18(21)15-5-6-16(10-15)19-8-7-14-9-12-3-1-2-4-13(12)11-17(14)19/h1-4,9,11,15-16H,5-8,10H2,(H,20,21). The average molecular weight is 281 g/mol. The molecule has 3 nitrogen and oxygen atoms in total. The molecule has 0 amide bonds. The zero-order valence-electron chi connectivity index (χ0n) is 12.0. The van der Waals surface area contributed by atoms with Crippen molar-refractivity contribution in [2.75, 3.05) is 11.4 Å². The highest BCUT2D eigenvalue weighted by Crippen LogP contribution is 2.39. The van der Waals surface area contributed by atoms with Crippen molar-refractivity contribution in [2.45, 2.75) is 31.7 Å². The average Bonchev–Trinajstić information content (AvgIpc) is 3.11. The molecule has 3 heteroatoms. The Balaban J connectivity index is 1.67. The van der Waals surface area contributed by atoms with Crippen LogP contribution in [0.15, 0.2) is 36.4 Å². The SMILES string of the molecule is O=C(O)C1CCC(N2CCc3cc4ccccc4cc32)C1. The van der Waals surface area contributed by atoms with E-state index in [2.05, 4.69) is 41.3 Å². The van der Waals surface area contributed by atoms with E-state index in [1.807, 2.05) is 0 Å². The number of benzene rings is 2. The van der Waals surface area contributed by atoms with E-state index >= 15 is 0 Å². The van der Waals surface area contributed by atoms with Gasteiger partial charge >= 0.3 is 5.97 Å². The molecule has 1 aliphatic carbocycles. The van der Waals surface area contributed by atoms with E-state index in [0.29, 0.717) is 6.04 Å². The highest BCUT2D eigenvalue weighted by atomic mass is 16.4. The Labute approximate surface area is 124 Å². The molecule has 0 saturated heterocycles. The number of rotatable bonds is 2. The van der Waals surface area contributed by atoms with Gasteiger partial charge < -0.3 is 10.0 Å². The molecule has 2 atom stereocenters. The summed E-state index contributed by atoms with van der Waals surface area (Å²) in [5, 5.41) is 11.8. The molecule has 1 fully saturated rings. The molecule has 1 saturated carbocycles. The van der Waals surface area contributed by atoms with Crippen molar-refractivity contribution in [3.63, 3.8) is 0 Å². The van der Waals surface area contributed by atoms with Crippen LogP contribution in [0, 0.1) is 5.92 Å². The first-order valence-electron chi connectivity index (χ1n) is 7.73. The van der Waals surface area contributed by atoms with Crippen LogP contribution in [0.25, 0.3) is 10.8 Å². The van der Waals surface area contributed by atoms with E-state index in [9.17, 15) is 9.90 Å². The van der Waals surface area contributed by atoms with Gasteiger partial charge in [-0.2, -0.15) is 0 Å². The molecule has 0 bridgehead atoms. The Kier molecular flexibility index (Phi) is 2.88. The van der Waals surface area contributed by atoms with E-state index < -0.39 is 5.97 Å². The van der Waals surface area contributed by atoms with Gasteiger partial charge in [0.05, 0.1) is 5.92 Å². The topological polar surface area (TPSA) is 40.5 Å². The van der Waals surface area contributed by atoms with Crippen LogP contribution in [0.4, 0.5) is 5.69 Å². The van der Waals surface area contributed by atoms with E-state index in [1.165, 1.54) is 22.0 Å². The number of carbonyl (C=O) groups is 1. The van der Waals surface area contributed by atoms with Crippen LogP contribution in [0.2, 0.25) is 0 Å². The number of hydrogen-bond donors (Lipinski definition) is 1. The van der Waals surface area contributed by atoms with E-state index in [0.717, 1.165) is 32.2 Å². The summed E-state index contributed by atoms with van der Waals surface area (Å²) in [6.07, 6.45) is 3.69. The lowest BCUT2D eigenvalue weighted by molar-refractivity contribution is -0.141. The summed E-state index contributed by atoms with van der Waals surface area (Å²) in [6, 6.07) is 13.4. The number of carboxylic acids is 1. The van der Waals surface area contributed by atoms with E-state index in [1.54, 1.807) is 0 Å². The monoisotopic (exact) mass is 281 g/mol. The van der Waals surface area contributed by atoms with Crippen molar-refractivity contribution in [3.8, 4) is 0 Å². The van der Waals surface area contributed by atoms with Gasteiger partial charge in [0, 0.05) is 18.3 Å². The number of anilines is 1. The number of fused-ring (bicyclic) bond motifs is 2. The second-order valence-corrected chi connectivity index (χ2v) is 6.27. The summed E-state index contributed by atoms with van der Waals surface area (Å²) in [7, 11) is 0. The van der Waals surface area contributed by atoms with Gasteiger partial charge in [0.25, 0.3) is 0 Å². The largest absolute Gasteiger partial charge is 0.481 e. The Hall–Kier alpha value is -2.03. The summed E-state index contributed by atoms with van der Waals surface area (Å²) < 4.78 is 0.